The second-order valence-electron chi connectivity index (χ2n) is 4.84. The van der Waals surface area contributed by atoms with E-state index in [1.54, 1.807) is 17.4 Å². The molecule has 0 amide bonds. The lowest BCUT2D eigenvalue weighted by molar-refractivity contribution is 0.350. The molecule has 1 aliphatic carbocycles. The van der Waals surface area contributed by atoms with E-state index in [0.717, 1.165) is 29.7 Å². The summed E-state index contributed by atoms with van der Waals surface area (Å²) in [6.07, 6.45) is 3.21. The number of aryl methyl sites for hydroxylation is 1. The smallest absolute Gasteiger partial charge is 0.251 e. The van der Waals surface area contributed by atoms with Gasteiger partial charge in [0.25, 0.3) is 5.56 Å². The summed E-state index contributed by atoms with van der Waals surface area (Å²) in [5.41, 5.74) is 3.47. The molecule has 0 radical (unpaired) electrons. The summed E-state index contributed by atoms with van der Waals surface area (Å²) in [6.45, 7) is 0.490. The van der Waals surface area contributed by atoms with Crippen molar-refractivity contribution in [3.8, 4) is 11.8 Å². The van der Waals surface area contributed by atoms with Gasteiger partial charge in [-0.05, 0) is 30.9 Å². The zero-order valence-corrected chi connectivity index (χ0v) is 11.9. The average molecular weight is 285 g/mol. The Labute approximate surface area is 121 Å². The van der Waals surface area contributed by atoms with E-state index in [4.69, 9.17) is 5.11 Å². The molecule has 3 nitrogen and oxygen atoms in total. The van der Waals surface area contributed by atoms with Crippen LogP contribution in [-0.4, -0.2) is 16.3 Å². The Balaban J connectivity index is 1.90. The minimum Gasteiger partial charge on any atom is -0.384 e. The minimum atomic E-state index is -0.128. The highest BCUT2D eigenvalue weighted by Crippen LogP contribution is 2.22. The third-order valence-corrected chi connectivity index (χ3v) is 4.45. The van der Waals surface area contributed by atoms with E-state index in [0.29, 0.717) is 6.54 Å². The fourth-order valence-electron chi connectivity index (χ4n) is 2.63. The summed E-state index contributed by atoms with van der Waals surface area (Å²) < 4.78 is 1.89. The van der Waals surface area contributed by atoms with Gasteiger partial charge in [0.15, 0.2) is 0 Å². The first kappa shape index (κ1) is 13.2. The predicted molar refractivity (Wildman–Crippen MR) is 80.1 cm³/mol. The van der Waals surface area contributed by atoms with Crippen LogP contribution in [-0.2, 0) is 19.4 Å². The number of hydrogen-bond acceptors (Lipinski definition) is 3. The van der Waals surface area contributed by atoms with Gasteiger partial charge in [-0.15, -0.1) is 11.3 Å². The molecular weight excluding hydrogens is 270 g/mol. The molecule has 2 aromatic heterocycles. The van der Waals surface area contributed by atoms with Gasteiger partial charge in [-0.25, -0.2) is 0 Å². The Hall–Kier alpha value is -1.83. The number of aromatic nitrogens is 1. The molecule has 2 aromatic rings. The van der Waals surface area contributed by atoms with Crippen LogP contribution in [0.1, 0.15) is 28.1 Å². The Morgan fingerprint density at radius 1 is 1.35 bits per heavy atom. The van der Waals surface area contributed by atoms with Crippen molar-refractivity contribution in [1.29, 1.82) is 0 Å². The Bertz CT molecular complexity index is 746. The fourth-order valence-corrected chi connectivity index (χ4v) is 3.44. The van der Waals surface area contributed by atoms with E-state index in [9.17, 15) is 4.79 Å². The van der Waals surface area contributed by atoms with Crippen LogP contribution < -0.4 is 5.56 Å². The van der Waals surface area contributed by atoms with Gasteiger partial charge in [0, 0.05) is 27.6 Å². The summed E-state index contributed by atoms with van der Waals surface area (Å²) in [7, 11) is 0. The number of pyridine rings is 1. The van der Waals surface area contributed by atoms with Crippen molar-refractivity contribution < 1.29 is 5.11 Å². The van der Waals surface area contributed by atoms with Gasteiger partial charge in [-0.1, -0.05) is 17.9 Å². The number of nitrogens with zero attached hydrogens (tertiary/aromatic N) is 1. The normalized spacial score (nSPS) is 12.8. The molecule has 0 bridgehead atoms. The minimum absolute atomic E-state index is 0.0713. The Morgan fingerprint density at radius 2 is 2.25 bits per heavy atom. The average Bonchev–Trinajstić information content (AvgIpc) is 3.08. The van der Waals surface area contributed by atoms with Gasteiger partial charge in [0.1, 0.15) is 6.61 Å². The SMILES string of the molecule is O=c1ccc2c(n1Cc1cc(C#CCO)cs1)CCC2. The first-order chi connectivity index (χ1) is 9.78. The van der Waals surface area contributed by atoms with Crippen molar-refractivity contribution in [1.82, 2.24) is 4.57 Å². The van der Waals surface area contributed by atoms with E-state index >= 15 is 0 Å². The number of rotatable bonds is 2. The highest BCUT2D eigenvalue weighted by Gasteiger charge is 2.16. The first-order valence-electron chi connectivity index (χ1n) is 6.66. The first-order valence-corrected chi connectivity index (χ1v) is 7.54. The maximum Gasteiger partial charge on any atom is 0.251 e. The van der Waals surface area contributed by atoms with Crippen LogP contribution in [0.5, 0.6) is 0 Å². The summed E-state index contributed by atoms with van der Waals surface area (Å²) >= 11 is 1.61. The highest BCUT2D eigenvalue weighted by molar-refractivity contribution is 7.10. The molecule has 0 spiro atoms. The standard InChI is InChI=1S/C16H15NO2S/c18-8-2-3-12-9-14(20-11-12)10-17-15-5-1-4-13(15)6-7-16(17)19/h6-7,9,11,18H,1,4-5,8,10H2. The zero-order chi connectivity index (χ0) is 13.9. The van der Waals surface area contributed by atoms with Crippen LogP contribution in [0.15, 0.2) is 28.4 Å². The number of aliphatic hydroxyl groups excluding tert-OH is 1. The molecule has 1 aliphatic rings. The molecule has 2 heterocycles. The number of fused-ring (bicyclic) bond motifs is 1. The second-order valence-corrected chi connectivity index (χ2v) is 5.84. The molecule has 0 atom stereocenters. The summed E-state index contributed by atoms with van der Waals surface area (Å²) in [5.74, 6) is 5.53. The molecule has 0 aromatic carbocycles. The summed E-state index contributed by atoms with van der Waals surface area (Å²) in [6, 6.07) is 5.63. The van der Waals surface area contributed by atoms with Gasteiger partial charge >= 0.3 is 0 Å². The third kappa shape index (κ3) is 2.55. The molecule has 20 heavy (non-hydrogen) atoms. The van der Waals surface area contributed by atoms with Crippen molar-refractivity contribution in [3.63, 3.8) is 0 Å². The molecule has 0 aliphatic heterocycles. The van der Waals surface area contributed by atoms with Crippen LogP contribution in [0.25, 0.3) is 0 Å². The quantitative estimate of drug-likeness (QED) is 0.855. The van der Waals surface area contributed by atoms with Crippen molar-refractivity contribution in [2.75, 3.05) is 6.61 Å². The molecule has 3 rings (SSSR count). The molecular formula is C16H15NO2S. The van der Waals surface area contributed by atoms with Gasteiger partial charge in [-0.3, -0.25) is 4.79 Å². The largest absolute Gasteiger partial charge is 0.384 e. The van der Waals surface area contributed by atoms with Crippen LogP contribution in [0, 0.1) is 11.8 Å². The summed E-state index contributed by atoms with van der Waals surface area (Å²) in [4.78, 5) is 13.2. The van der Waals surface area contributed by atoms with Crippen LogP contribution in [0.4, 0.5) is 0 Å². The third-order valence-electron chi connectivity index (χ3n) is 3.53. The van der Waals surface area contributed by atoms with Crippen molar-refractivity contribution in [3.05, 3.63) is 55.6 Å². The molecule has 102 valence electrons. The molecule has 0 fully saturated rings. The van der Waals surface area contributed by atoms with Gasteiger partial charge in [-0.2, -0.15) is 0 Å². The van der Waals surface area contributed by atoms with Gasteiger partial charge < -0.3 is 9.67 Å². The van der Waals surface area contributed by atoms with Gasteiger partial charge in [0.2, 0.25) is 0 Å². The topological polar surface area (TPSA) is 42.2 Å². The van der Waals surface area contributed by atoms with E-state index in [2.05, 4.69) is 11.8 Å². The molecule has 1 N–H and O–H groups in total. The summed E-state index contributed by atoms with van der Waals surface area (Å²) in [5, 5.41) is 10.7. The predicted octanol–water partition coefficient (Wildman–Crippen LogP) is 1.79. The molecule has 0 saturated heterocycles. The molecule has 0 unspecified atom stereocenters. The number of thiophene rings is 1. The highest BCUT2D eigenvalue weighted by atomic mass is 32.1. The van der Waals surface area contributed by atoms with E-state index in [1.807, 2.05) is 22.1 Å². The van der Waals surface area contributed by atoms with E-state index in [1.165, 1.54) is 11.3 Å². The maximum atomic E-state index is 12.1. The van der Waals surface area contributed by atoms with Gasteiger partial charge in [0.05, 0.1) is 6.54 Å². The lowest BCUT2D eigenvalue weighted by Gasteiger charge is -2.10. The molecule has 4 heteroatoms. The lowest BCUT2D eigenvalue weighted by Crippen LogP contribution is -2.22. The Morgan fingerprint density at radius 3 is 3.10 bits per heavy atom. The van der Waals surface area contributed by atoms with Crippen molar-refractivity contribution in [2.45, 2.75) is 25.8 Å². The lowest BCUT2D eigenvalue weighted by atomic mass is 10.2. The van der Waals surface area contributed by atoms with Crippen LogP contribution >= 0.6 is 11.3 Å². The number of hydrogen-bond donors (Lipinski definition) is 1. The van der Waals surface area contributed by atoms with Crippen LogP contribution in [0.3, 0.4) is 0 Å². The maximum absolute atomic E-state index is 12.1. The molecule has 0 saturated carbocycles. The fraction of sp³-hybridized carbons (Fsp3) is 0.312. The monoisotopic (exact) mass is 285 g/mol. The van der Waals surface area contributed by atoms with Crippen molar-refractivity contribution in [2.24, 2.45) is 0 Å². The zero-order valence-electron chi connectivity index (χ0n) is 11.1. The van der Waals surface area contributed by atoms with E-state index in [-0.39, 0.29) is 12.2 Å². The second kappa shape index (κ2) is 5.66. The van der Waals surface area contributed by atoms with E-state index < -0.39 is 0 Å². The van der Waals surface area contributed by atoms with Crippen LogP contribution in [0.2, 0.25) is 0 Å². The number of aliphatic hydroxyl groups is 1. The Kier molecular flexibility index (Phi) is 3.72. The van der Waals surface area contributed by atoms with Crippen molar-refractivity contribution >= 4 is 11.3 Å².